The van der Waals surface area contributed by atoms with Gasteiger partial charge in [-0.1, -0.05) is 5.21 Å². The van der Waals surface area contributed by atoms with Crippen molar-refractivity contribution in [2.45, 2.75) is 13.2 Å². The third kappa shape index (κ3) is 2.77. The lowest BCUT2D eigenvalue weighted by Gasteiger charge is -2.04. The van der Waals surface area contributed by atoms with Gasteiger partial charge in [-0.15, -0.1) is 16.4 Å². The first-order valence-electron chi connectivity index (χ1n) is 4.99. The molecule has 0 aromatic carbocycles. The number of aromatic carboxylic acids is 1. The van der Waals surface area contributed by atoms with Gasteiger partial charge in [0.15, 0.2) is 5.69 Å². The van der Waals surface area contributed by atoms with Crippen molar-refractivity contribution < 1.29 is 14.6 Å². The fraction of sp³-hybridized carbons (Fsp3) is 0.300. The Labute approximate surface area is 115 Å². The molecule has 0 amide bonds. The molecule has 0 atom stereocenters. The molecule has 18 heavy (non-hydrogen) atoms. The van der Waals surface area contributed by atoms with Crippen molar-refractivity contribution in [3.63, 3.8) is 0 Å². The van der Waals surface area contributed by atoms with E-state index in [0.717, 1.165) is 9.35 Å². The Morgan fingerprint density at radius 1 is 1.67 bits per heavy atom. The molecule has 0 radical (unpaired) electrons. The lowest BCUT2D eigenvalue weighted by molar-refractivity contribution is 0.0684. The van der Waals surface area contributed by atoms with Crippen molar-refractivity contribution in [2.24, 2.45) is 0 Å². The minimum absolute atomic E-state index is 0.0625. The molecule has 8 heteroatoms. The maximum Gasteiger partial charge on any atom is 0.358 e. The second-order valence-electron chi connectivity index (χ2n) is 3.51. The number of methoxy groups -OCH3 is 1. The summed E-state index contributed by atoms with van der Waals surface area (Å²) in [6.45, 7) is 0.649. The minimum Gasteiger partial charge on any atom is -0.476 e. The zero-order valence-corrected chi connectivity index (χ0v) is 11.9. The van der Waals surface area contributed by atoms with Gasteiger partial charge in [0.05, 0.1) is 18.8 Å². The van der Waals surface area contributed by atoms with Gasteiger partial charge in [0.2, 0.25) is 0 Å². The van der Waals surface area contributed by atoms with Gasteiger partial charge in [0.1, 0.15) is 0 Å². The monoisotopic (exact) mass is 331 g/mol. The standard InChI is InChI=1S/C10H10BrN3O3S/c1-17-4-8-9(10(15)16)12-13-14(8)3-7-2-6(11)5-18-7/h2,5H,3-4H2,1H3,(H,15,16). The maximum atomic E-state index is 11.0. The highest BCUT2D eigenvalue weighted by Crippen LogP contribution is 2.21. The molecule has 96 valence electrons. The number of carboxylic acid groups (broad SMARTS) is 1. The van der Waals surface area contributed by atoms with Crippen molar-refractivity contribution in [2.75, 3.05) is 7.11 Å². The molecule has 0 aliphatic heterocycles. The largest absolute Gasteiger partial charge is 0.476 e. The van der Waals surface area contributed by atoms with Gasteiger partial charge in [-0.2, -0.15) is 0 Å². The van der Waals surface area contributed by atoms with Crippen LogP contribution in [0.3, 0.4) is 0 Å². The van der Waals surface area contributed by atoms with E-state index in [1.54, 1.807) is 16.0 Å². The van der Waals surface area contributed by atoms with Gasteiger partial charge in [-0.25, -0.2) is 9.48 Å². The summed E-state index contributed by atoms with van der Waals surface area (Å²) in [5.41, 5.74) is 0.405. The highest BCUT2D eigenvalue weighted by molar-refractivity contribution is 9.10. The molecular weight excluding hydrogens is 322 g/mol. The molecule has 2 heterocycles. The highest BCUT2D eigenvalue weighted by Gasteiger charge is 2.19. The number of hydrogen-bond donors (Lipinski definition) is 1. The van der Waals surface area contributed by atoms with Gasteiger partial charge in [-0.3, -0.25) is 0 Å². The molecule has 0 saturated carbocycles. The van der Waals surface area contributed by atoms with E-state index in [1.807, 2.05) is 11.4 Å². The van der Waals surface area contributed by atoms with E-state index in [2.05, 4.69) is 26.2 Å². The molecule has 0 spiro atoms. The van der Waals surface area contributed by atoms with E-state index in [-0.39, 0.29) is 12.3 Å². The summed E-state index contributed by atoms with van der Waals surface area (Å²) in [6.07, 6.45) is 0. The van der Waals surface area contributed by atoms with Crippen LogP contribution in [0.1, 0.15) is 21.1 Å². The van der Waals surface area contributed by atoms with Crippen molar-refractivity contribution >= 4 is 33.2 Å². The second-order valence-corrected chi connectivity index (χ2v) is 5.42. The average molecular weight is 332 g/mol. The SMILES string of the molecule is COCc1c(C(=O)O)nnn1Cc1cc(Br)cs1. The Bertz CT molecular complexity index is 566. The maximum absolute atomic E-state index is 11.0. The lowest BCUT2D eigenvalue weighted by Crippen LogP contribution is -2.09. The van der Waals surface area contributed by atoms with Crippen LogP contribution in [0.2, 0.25) is 0 Å². The van der Waals surface area contributed by atoms with E-state index in [4.69, 9.17) is 9.84 Å². The van der Waals surface area contributed by atoms with Crippen molar-refractivity contribution in [3.05, 3.63) is 32.2 Å². The Morgan fingerprint density at radius 3 is 3.00 bits per heavy atom. The van der Waals surface area contributed by atoms with Crippen LogP contribution >= 0.6 is 27.3 Å². The fourth-order valence-corrected chi connectivity index (χ4v) is 2.92. The summed E-state index contributed by atoms with van der Waals surface area (Å²) < 4.78 is 7.53. The number of thiophene rings is 1. The van der Waals surface area contributed by atoms with E-state index < -0.39 is 5.97 Å². The molecule has 2 rings (SSSR count). The van der Waals surface area contributed by atoms with E-state index in [0.29, 0.717) is 12.2 Å². The molecule has 0 saturated heterocycles. The smallest absolute Gasteiger partial charge is 0.358 e. The first kappa shape index (κ1) is 13.2. The number of carboxylic acids is 1. The summed E-state index contributed by atoms with van der Waals surface area (Å²) in [4.78, 5) is 12.0. The molecule has 1 N–H and O–H groups in total. The van der Waals surface area contributed by atoms with Gasteiger partial charge >= 0.3 is 5.97 Å². The predicted molar refractivity (Wildman–Crippen MR) is 68.8 cm³/mol. The molecule has 0 aliphatic carbocycles. The van der Waals surface area contributed by atoms with Crippen molar-refractivity contribution in [3.8, 4) is 0 Å². The van der Waals surface area contributed by atoms with Crippen LogP contribution in [0.25, 0.3) is 0 Å². The summed E-state index contributed by atoms with van der Waals surface area (Å²) in [5, 5.41) is 18.5. The fourth-order valence-electron chi connectivity index (χ4n) is 1.49. The normalized spacial score (nSPS) is 10.8. The van der Waals surface area contributed by atoms with Gasteiger partial charge < -0.3 is 9.84 Å². The van der Waals surface area contributed by atoms with E-state index >= 15 is 0 Å². The van der Waals surface area contributed by atoms with Gasteiger partial charge in [-0.05, 0) is 22.0 Å². The van der Waals surface area contributed by atoms with Crippen LogP contribution in [0, 0.1) is 0 Å². The summed E-state index contributed by atoms with van der Waals surface area (Å²) in [5.74, 6) is -1.10. The first-order chi connectivity index (χ1) is 8.61. The van der Waals surface area contributed by atoms with Gasteiger partial charge in [0.25, 0.3) is 0 Å². The van der Waals surface area contributed by atoms with Crippen LogP contribution in [0.15, 0.2) is 15.9 Å². The van der Waals surface area contributed by atoms with Crippen molar-refractivity contribution in [1.29, 1.82) is 0 Å². The summed E-state index contributed by atoms with van der Waals surface area (Å²) in [7, 11) is 1.50. The van der Waals surface area contributed by atoms with Gasteiger partial charge in [0, 0.05) is 21.8 Å². The molecule has 0 fully saturated rings. The molecule has 6 nitrogen and oxygen atoms in total. The first-order valence-corrected chi connectivity index (χ1v) is 6.66. The second kappa shape index (κ2) is 5.59. The topological polar surface area (TPSA) is 77.2 Å². The minimum atomic E-state index is -1.10. The summed E-state index contributed by atoms with van der Waals surface area (Å²) >= 11 is 4.93. The molecule has 0 unspecified atom stereocenters. The number of aromatic nitrogens is 3. The zero-order chi connectivity index (χ0) is 13.1. The number of hydrogen-bond acceptors (Lipinski definition) is 5. The quantitative estimate of drug-likeness (QED) is 0.906. The number of ether oxygens (including phenoxy) is 1. The number of carbonyl (C=O) groups is 1. The molecular formula is C10H10BrN3O3S. The lowest BCUT2D eigenvalue weighted by atomic mass is 10.3. The number of halogens is 1. The van der Waals surface area contributed by atoms with Crippen LogP contribution in [-0.4, -0.2) is 33.2 Å². The van der Waals surface area contributed by atoms with Crippen LogP contribution in [0.5, 0.6) is 0 Å². The van der Waals surface area contributed by atoms with Crippen LogP contribution in [0.4, 0.5) is 0 Å². The molecule has 2 aromatic heterocycles. The Kier molecular flexibility index (Phi) is 4.10. The summed E-state index contributed by atoms with van der Waals surface area (Å²) in [6, 6.07) is 1.96. The average Bonchev–Trinajstić information content (AvgIpc) is 2.88. The molecule has 0 bridgehead atoms. The zero-order valence-electron chi connectivity index (χ0n) is 9.46. The molecule has 0 aliphatic rings. The van der Waals surface area contributed by atoms with Crippen LogP contribution in [-0.2, 0) is 17.9 Å². The third-order valence-corrected chi connectivity index (χ3v) is 3.93. The van der Waals surface area contributed by atoms with E-state index in [1.165, 1.54) is 7.11 Å². The van der Waals surface area contributed by atoms with Crippen molar-refractivity contribution in [1.82, 2.24) is 15.0 Å². The predicted octanol–water partition coefficient (Wildman–Crippen LogP) is 1.99. The Balaban J connectivity index is 2.29. The Hall–Kier alpha value is -1.25. The highest BCUT2D eigenvalue weighted by atomic mass is 79.9. The number of nitrogens with zero attached hydrogens (tertiary/aromatic N) is 3. The Morgan fingerprint density at radius 2 is 2.44 bits per heavy atom. The van der Waals surface area contributed by atoms with Crippen LogP contribution < -0.4 is 0 Å². The number of rotatable bonds is 5. The third-order valence-electron chi connectivity index (χ3n) is 2.25. The molecule has 2 aromatic rings. The van der Waals surface area contributed by atoms with E-state index in [9.17, 15) is 4.79 Å².